The second-order valence-electron chi connectivity index (χ2n) is 6.11. The van der Waals surface area contributed by atoms with Gasteiger partial charge in [-0.3, -0.25) is 5.01 Å². The van der Waals surface area contributed by atoms with E-state index in [-0.39, 0.29) is 30.4 Å². The summed E-state index contributed by atoms with van der Waals surface area (Å²) in [7, 11) is 0. The smallest absolute Gasteiger partial charge is 0.418 e. The maximum atomic E-state index is 13.6. The highest BCUT2D eigenvalue weighted by Crippen LogP contribution is 2.40. The molecular weight excluding hydrogens is 366 g/mol. The summed E-state index contributed by atoms with van der Waals surface area (Å²) in [6, 6.07) is 8.56. The maximum absolute atomic E-state index is 13.6. The maximum Gasteiger partial charge on any atom is 0.418 e. The third-order valence-electron chi connectivity index (χ3n) is 3.78. The number of rotatable bonds is 5. The molecule has 1 aliphatic heterocycles. The van der Waals surface area contributed by atoms with Crippen LogP contribution in [0, 0.1) is 5.82 Å². The Kier molecular flexibility index (Phi) is 5.22. The number of hydrogen-bond acceptors (Lipinski definition) is 5. The van der Waals surface area contributed by atoms with E-state index in [1.807, 2.05) is 0 Å². The van der Waals surface area contributed by atoms with Crippen LogP contribution in [0.25, 0.3) is 0 Å². The minimum absolute atomic E-state index is 0.0188. The first-order chi connectivity index (χ1) is 12.7. The summed E-state index contributed by atoms with van der Waals surface area (Å²) < 4.78 is 59.0. The van der Waals surface area contributed by atoms with Crippen LogP contribution in [-0.4, -0.2) is 35.8 Å². The predicted molar refractivity (Wildman–Crippen MR) is 92.1 cm³/mol. The fourth-order valence-corrected chi connectivity index (χ4v) is 2.63. The van der Waals surface area contributed by atoms with E-state index < -0.39 is 23.7 Å². The van der Waals surface area contributed by atoms with Gasteiger partial charge in [0.25, 0.3) is 0 Å². The summed E-state index contributed by atoms with van der Waals surface area (Å²) in [5.41, 5.74) is -0.960. The molecule has 1 N–H and O–H groups in total. The fraction of sp³-hybridized carbons (Fsp3) is 0.278. The second-order valence-corrected chi connectivity index (χ2v) is 6.11. The molecule has 0 saturated heterocycles. The van der Waals surface area contributed by atoms with Crippen LogP contribution in [0.1, 0.15) is 12.5 Å². The first-order valence-electron chi connectivity index (χ1n) is 8.11. The molecule has 0 saturated carbocycles. The van der Waals surface area contributed by atoms with Crippen molar-refractivity contribution >= 4 is 12.0 Å². The number of halogens is 4. The van der Waals surface area contributed by atoms with Gasteiger partial charge in [0.1, 0.15) is 30.3 Å². The Labute approximate surface area is 153 Å². The van der Waals surface area contributed by atoms with E-state index in [1.165, 1.54) is 40.5 Å². The van der Waals surface area contributed by atoms with Crippen LogP contribution in [0.3, 0.4) is 0 Å². The molecule has 1 aliphatic rings. The summed E-state index contributed by atoms with van der Waals surface area (Å²) in [6.07, 6.45) is -3.98. The number of nitrogens with zero attached hydrogens (tertiary/aromatic N) is 3. The fourth-order valence-electron chi connectivity index (χ4n) is 2.63. The Bertz CT molecular complexity index is 822. The van der Waals surface area contributed by atoms with Crippen molar-refractivity contribution in [2.24, 2.45) is 5.10 Å². The SMILES string of the molecule is CC(O)CN1CN(c2ccc(Oc3ccc(F)cc3)cc2C(F)(F)F)C=N1. The van der Waals surface area contributed by atoms with Gasteiger partial charge < -0.3 is 14.7 Å². The Morgan fingerprint density at radius 1 is 1.15 bits per heavy atom. The molecule has 9 heteroatoms. The van der Waals surface area contributed by atoms with Gasteiger partial charge in [0, 0.05) is 0 Å². The standard InChI is InChI=1S/C18H17F4N3O2/c1-12(26)9-25-11-24(10-23-25)17-7-6-15(8-16(17)18(20,21)22)27-14-4-2-13(19)3-5-14/h2-8,10,12,26H,9,11H2,1H3. The highest BCUT2D eigenvalue weighted by atomic mass is 19.4. The molecule has 2 aromatic rings. The zero-order chi connectivity index (χ0) is 19.6. The van der Waals surface area contributed by atoms with Gasteiger partial charge in [-0.25, -0.2) is 4.39 Å². The Morgan fingerprint density at radius 3 is 2.44 bits per heavy atom. The van der Waals surface area contributed by atoms with E-state index in [9.17, 15) is 22.7 Å². The van der Waals surface area contributed by atoms with Crippen LogP contribution in [0.5, 0.6) is 11.5 Å². The number of anilines is 1. The van der Waals surface area contributed by atoms with Crippen LogP contribution >= 0.6 is 0 Å². The predicted octanol–water partition coefficient (Wildman–Crippen LogP) is 4.04. The van der Waals surface area contributed by atoms with Gasteiger partial charge in [-0.1, -0.05) is 0 Å². The second kappa shape index (κ2) is 7.43. The number of hydrogen-bond donors (Lipinski definition) is 1. The summed E-state index contributed by atoms with van der Waals surface area (Å²) in [6.45, 7) is 1.87. The van der Waals surface area contributed by atoms with E-state index in [0.717, 1.165) is 18.2 Å². The highest BCUT2D eigenvalue weighted by molar-refractivity contribution is 5.82. The van der Waals surface area contributed by atoms with Gasteiger partial charge in [0.05, 0.1) is 23.9 Å². The number of β-amino-alcohol motifs (C(OH)–C–C–N with tert-alkyl or cyclic N) is 1. The molecule has 3 rings (SSSR count). The Hall–Kier alpha value is -2.81. The topological polar surface area (TPSA) is 48.3 Å². The van der Waals surface area contributed by atoms with Crippen LogP contribution < -0.4 is 9.64 Å². The van der Waals surface area contributed by atoms with Crippen molar-refractivity contribution in [1.29, 1.82) is 0 Å². The van der Waals surface area contributed by atoms with Crippen LogP contribution in [0.4, 0.5) is 23.2 Å². The highest BCUT2D eigenvalue weighted by Gasteiger charge is 2.36. The van der Waals surface area contributed by atoms with Crippen molar-refractivity contribution < 1.29 is 27.4 Å². The van der Waals surface area contributed by atoms with Gasteiger partial charge >= 0.3 is 6.18 Å². The van der Waals surface area contributed by atoms with Crippen LogP contribution in [0.15, 0.2) is 47.6 Å². The quantitative estimate of drug-likeness (QED) is 0.792. The summed E-state index contributed by atoms with van der Waals surface area (Å²) in [5.74, 6) is -0.262. The lowest BCUT2D eigenvalue weighted by atomic mass is 10.1. The number of hydrazone groups is 1. The lowest BCUT2D eigenvalue weighted by molar-refractivity contribution is -0.137. The first-order valence-corrected chi connectivity index (χ1v) is 8.11. The third kappa shape index (κ3) is 4.68. The van der Waals surface area contributed by atoms with E-state index in [2.05, 4.69) is 5.10 Å². The van der Waals surface area contributed by atoms with Crippen molar-refractivity contribution in [1.82, 2.24) is 5.01 Å². The molecule has 2 aromatic carbocycles. The largest absolute Gasteiger partial charge is 0.457 e. The lowest BCUT2D eigenvalue weighted by Crippen LogP contribution is -2.32. The van der Waals surface area contributed by atoms with E-state index in [1.54, 1.807) is 6.92 Å². The molecule has 1 atom stereocenters. The average Bonchev–Trinajstić information content (AvgIpc) is 3.04. The molecule has 0 fully saturated rings. The molecular formula is C18H17F4N3O2. The van der Waals surface area contributed by atoms with Crippen LogP contribution in [0.2, 0.25) is 0 Å². The third-order valence-corrected chi connectivity index (χ3v) is 3.78. The minimum atomic E-state index is -4.61. The molecule has 0 radical (unpaired) electrons. The zero-order valence-corrected chi connectivity index (χ0v) is 14.3. The van der Waals surface area contributed by atoms with Crippen molar-refractivity contribution in [3.8, 4) is 11.5 Å². The number of alkyl halides is 3. The van der Waals surface area contributed by atoms with Crippen molar-refractivity contribution in [3.63, 3.8) is 0 Å². The number of ether oxygens (including phenoxy) is 1. The number of aliphatic hydroxyl groups is 1. The minimum Gasteiger partial charge on any atom is -0.457 e. The Morgan fingerprint density at radius 2 is 1.81 bits per heavy atom. The monoisotopic (exact) mass is 383 g/mol. The molecule has 1 unspecified atom stereocenters. The number of benzene rings is 2. The molecule has 5 nitrogen and oxygen atoms in total. The van der Waals surface area contributed by atoms with Gasteiger partial charge in [-0.2, -0.15) is 18.3 Å². The zero-order valence-electron chi connectivity index (χ0n) is 14.3. The van der Waals surface area contributed by atoms with Crippen LogP contribution in [-0.2, 0) is 6.18 Å². The summed E-state index contributed by atoms with van der Waals surface area (Å²) in [5, 5.41) is 14.9. The molecule has 27 heavy (non-hydrogen) atoms. The van der Waals surface area contributed by atoms with Crippen molar-refractivity contribution in [2.45, 2.75) is 19.2 Å². The molecule has 0 aliphatic carbocycles. The lowest BCUT2D eigenvalue weighted by Gasteiger charge is -2.23. The summed E-state index contributed by atoms with van der Waals surface area (Å²) in [4.78, 5) is 1.34. The van der Waals surface area contributed by atoms with E-state index in [0.29, 0.717) is 0 Å². The van der Waals surface area contributed by atoms with E-state index in [4.69, 9.17) is 4.74 Å². The average molecular weight is 383 g/mol. The van der Waals surface area contributed by atoms with E-state index >= 15 is 0 Å². The Balaban J connectivity index is 1.85. The normalized spacial score (nSPS) is 15.3. The van der Waals surface area contributed by atoms with Gasteiger partial charge in [0.15, 0.2) is 0 Å². The van der Waals surface area contributed by atoms with Crippen molar-refractivity contribution in [3.05, 3.63) is 53.8 Å². The molecule has 1 heterocycles. The molecule has 0 spiro atoms. The van der Waals surface area contributed by atoms with Gasteiger partial charge in [0.2, 0.25) is 0 Å². The molecule has 144 valence electrons. The molecule has 0 bridgehead atoms. The summed E-state index contributed by atoms with van der Waals surface area (Å²) >= 11 is 0. The van der Waals surface area contributed by atoms with Gasteiger partial charge in [-0.15, -0.1) is 0 Å². The number of aliphatic hydroxyl groups excluding tert-OH is 1. The molecule has 0 aromatic heterocycles. The van der Waals surface area contributed by atoms with Gasteiger partial charge in [-0.05, 0) is 49.4 Å². The molecule has 0 amide bonds. The first kappa shape index (κ1) is 19.0. The van der Waals surface area contributed by atoms with Crippen molar-refractivity contribution in [2.75, 3.05) is 18.1 Å².